The van der Waals surface area contributed by atoms with Crippen LogP contribution in [0, 0.1) is 17.5 Å². The number of hydrogen-bond acceptors (Lipinski definition) is 3. The average molecular weight is 377 g/mol. The zero-order valence-corrected chi connectivity index (χ0v) is 14.6. The summed E-state index contributed by atoms with van der Waals surface area (Å²) >= 11 is 0. The number of nitrogens with one attached hydrogen (secondary N) is 2. The molecule has 8 heteroatoms. The SMILES string of the molecule is CC1Cc2ccccc2N1CC(=O)NCC(=O)Nc1ccc(F)c(F)c1F. The van der Waals surface area contributed by atoms with Gasteiger partial charge in [-0.15, -0.1) is 0 Å². The Hall–Kier alpha value is -3.03. The summed E-state index contributed by atoms with van der Waals surface area (Å²) in [6.07, 6.45) is 0.833. The molecule has 0 aromatic heterocycles. The van der Waals surface area contributed by atoms with E-state index >= 15 is 0 Å². The van der Waals surface area contributed by atoms with E-state index in [9.17, 15) is 22.8 Å². The first-order valence-corrected chi connectivity index (χ1v) is 8.41. The predicted molar refractivity (Wildman–Crippen MR) is 94.9 cm³/mol. The fourth-order valence-electron chi connectivity index (χ4n) is 3.08. The van der Waals surface area contributed by atoms with Gasteiger partial charge in [0.2, 0.25) is 11.8 Å². The molecule has 1 atom stereocenters. The average Bonchev–Trinajstić information content (AvgIpc) is 2.96. The lowest BCUT2D eigenvalue weighted by atomic mass is 10.1. The van der Waals surface area contributed by atoms with Crippen LogP contribution in [0.25, 0.3) is 0 Å². The van der Waals surface area contributed by atoms with Crippen LogP contribution in [-0.2, 0) is 16.0 Å². The Balaban J connectivity index is 1.54. The first-order chi connectivity index (χ1) is 12.9. The third-order valence-electron chi connectivity index (χ3n) is 4.42. The summed E-state index contributed by atoms with van der Waals surface area (Å²) in [5.41, 5.74) is 1.65. The molecule has 0 spiro atoms. The third kappa shape index (κ3) is 4.05. The van der Waals surface area contributed by atoms with Gasteiger partial charge in [-0.05, 0) is 37.1 Å². The summed E-state index contributed by atoms with van der Waals surface area (Å²) < 4.78 is 39.6. The van der Waals surface area contributed by atoms with E-state index < -0.39 is 35.6 Å². The highest BCUT2D eigenvalue weighted by Gasteiger charge is 2.27. The molecule has 5 nitrogen and oxygen atoms in total. The highest BCUT2D eigenvalue weighted by molar-refractivity contribution is 5.95. The number of amides is 2. The summed E-state index contributed by atoms with van der Waals surface area (Å²) in [5.74, 6) is -5.63. The molecule has 2 amide bonds. The van der Waals surface area contributed by atoms with Gasteiger partial charge < -0.3 is 15.5 Å². The van der Waals surface area contributed by atoms with E-state index in [2.05, 4.69) is 10.6 Å². The highest BCUT2D eigenvalue weighted by Crippen LogP contribution is 2.31. The minimum absolute atomic E-state index is 0.0744. The lowest BCUT2D eigenvalue weighted by Crippen LogP contribution is -2.42. The van der Waals surface area contributed by atoms with Crippen molar-refractivity contribution in [1.82, 2.24) is 5.32 Å². The van der Waals surface area contributed by atoms with E-state index in [0.717, 1.165) is 23.7 Å². The van der Waals surface area contributed by atoms with E-state index in [1.807, 2.05) is 36.1 Å². The maximum absolute atomic E-state index is 13.6. The Bertz CT molecular complexity index is 888. The molecule has 1 unspecified atom stereocenters. The Morgan fingerprint density at radius 1 is 1.07 bits per heavy atom. The molecule has 0 radical (unpaired) electrons. The van der Waals surface area contributed by atoms with Crippen molar-refractivity contribution in [2.45, 2.75) is 19.4 Å². The van der Waals surface area contributed by atoms with Crippen LogP contribution in [0.4, 0.5) is 24.5 Å². The molecule has 0 fully saturated rings. The van der Waals surface area contributed by atoms with Crippen molar-refractivity contribution in [2.24, 2.45) is 0 Å². The first-order valence-electron chi connectivity index (χ1n) is 8.41. The Labute approximate surface area is 154 Å². The molecule has 2 aromatic rings. The standard InChI is InChI=1S/C19H18F3N3O2/c1-11-8-12-4-2-3-5-15(12)25(11)10-17(27)23-9-16(26)24-14-7-6-13(20)18(21)19(14)22/h2-7,11H,8-10H2,1H3,(H,23,27)(H,24,26). The largest absolute Gasteiger partial charge is 0.359 e. The van der Waals surface area contributed by atoms with Crippen molar-refractivity contribution in [3.63, 3.8) is 0 Å². The molecule has 0 bridgehead atoms. The van der Waals surface area contributed by atoms with Gasteiger partial charge in [-0.3, -0.25) is 9.59 Å². The second-order valence-electron chi connectivity index (χ2n) is 6.36. The van der Waals surface area contributed by atoms with Gasteiger partial charge in [0, 0.05) is 11.7 Å². The fraction of sp³-hybridized carbons (Fsp3) is 0.263. The molecular weight excluding hydrogens is 359 g/mol. The molecule has 1 aliphatic rings. The molecule has 2 N–H and O–H groups in total. The summed E-state index contributed by atoms with van der Waals surface area (Å²) in [7, 11) is 0. The fourth-order valence-corrected chi connectivity index (χ4v) is 3.08. The van der Waals surface area contributed by atoms with E-state index in [1.165, 1.54) is 0 Å². The van der Waals surface area contributed by atoms with Crippen LogP contribution in [0.3, 0.4) is 0 Å². The zero-order valence-electron chi connectivity index (χ0n) is 14.6. The molecule has 3 rings (SSSR count). The predicted octanol–water partition coefficient (Wildman–Crippen LogP) is 2.61. The lowest BCUT2D eigenvalue weighted by molar-refractivity contribution is -0.123. The molecule has 0 saturated heterocycles. The smallest absolute Gasteiger partial charge is 0.243 e. The minimum Gasteiger partial charge on any atom is -0.359 e. The summed E-state index contributed by atoms with van der Waals surface area (Å²) in [5, 5.41) is 4.55. The number of nitrogens with zero attached hydrogens (tertiary/aromatic N) is 1. The monoisotopic (exact) mass is 377 g/mol. The second-order valence-corrected chi connectivity index (χ2v) is 6.36. The molecule has 2 aromatic carbocycles. The molecule has 27 heavy (non-hydrogen) atoms. The minimum atomic E-state index is -1.67. The number of carbonyl (C=O) groups excluding carboxylic acids is 2. The number of carbonyl (C=O) groups is 2. The van der Waals surface area contributed by atoms with E-state index in [0.29, 0.717) is 6.07 Å². The van der Waals surface area contributed by atoms with Gasteiger partial charge >= 0.3 is 0 Å². The number of fused-ring (bicyclic) bond motifs is 1. The zero-order chi connectivity index (χ0) is 19.6. The Morgan fingerprint density at radius 3 is 2.59 bits per heavy atom. The molecule has 1 heterocycles. The maximum Gasteiger partial charge on any atom is 0.243 e. The maximum atomic E-state index is 13.6. The van der Waals surface area contributed by atoms with Crippen molar-refractivity contribution in [1.29, 1.82) is 0 Å². The van der Waals surface area contributed by atoms with Crippen LogP contribution in [0.15, 0.2) is 36.4 Å². The van der Waals surface area contributed by atoms with Gasteiger partial charge in [0.05, 0.1) is 18.8 Å². The molecule has 142 valence electrons. The van der Waals surface area contributed by atoms with Gasteiger partial charge in [-0.25, -0.2) is 13.2 Å². The van der Waals surface area contributed by atoms with Crippen molar-refractivity contribution < 1.29 is 22.8 Å². The number of hydrogen-bond donors (Lipinski definition) is 2. The second kappa shape index (κ2) is 7.69. The van der Waals surface area contributed by atoms with Crippen LogP contribution < -0.4 is 15.5 Å². The normalized spacial score (nSPS) is 15.4. The van der Waals surface area contributed by atoms with Crippen LogP contribution in [0.1, 0.15) is 12.5 Å². The number of para-hydroxylation sites is 1. The van der Waals surface area contributed by atoms with Crippen LogP contribution in [0.5, 0.6) is 0 Å². The number of halogens is 3. The van der Waals surface area contributed by atoms with Crippen LogP contribution in [-0.4, -0.2) is 30.9 Å². The van der Waals surface area contributed by atoms with E-state index in [4.69, 9.17) is 0 Å². The van der Waals surface area contributed by atoms with Crippen molar-refractivity contribution in [3.8, 4) is 0 Å². The Kier molecular flexibility index (Phi) is 5.34. The number of rotatable bonds is 5. The van der Waals surface area contributed by atoms with Gasteiger partial charge in [-0.1, -0.05) is 18.2 Å². The third-order valence-corrected chi connectivity index (χ3v) is 4.42. The van der Waals surface area contributed by atoms with E-state index in [-0.39, 0.29) is 18.5 Å². The summed E-state index contributed by atoms with van der Waals surface area (Å²) in [6, 6.07) is 9.55. The molecule has 0 aliphatic carbocycles. The number of anilines is 2. The van der Waals surface area contributed by atoms with Gasteiger partial charge in [0.15, 0.2) is 17.5 Å². The van der Waals surface area contributed by atoms with Gasteiger partial charge in [-0.2, -0.15) is 0 Å². The number of benzene rings is 2. The quantitative estimate of drug-likeness (QED) is 0.788. The molecule has 1 aliphatic heterocycles. The van der Waals surface area contributed by atoms with Crippen LogP contribution >= 0.6 is 0 Å². The van der Waals surface area contributed by atoms with Crippen LogP contribution in [0.2, 0.25) is 0 Å². The summed E-state index contributed by atoms with van der Waals surface area (Å²) in [4.78, 5) is 25.9. The van der Waals surface area contributed by atoms with Gasteiger partial charge in [0.1, 0.15) is 0 Å². The molecule has 0 saturated carbocycles. The topological polar surface area (TPSA) is 61.4 Å². The van der Waals surface area contributed by atoms with Crippen molar-refractivity contribution in [2.75, 3.05) is 23.3 Å². The van der Waals surface area contributed by atoms with Gasteiger partial charge in [0.25, 0.3) is 0 Å². The van der Waals surface area contributed by atoms with Crippen molar-refractivity contribution >= 4 is 23.2 Å². The Morgan fingerprint density at radius 2 is 1.81 bits per heavy atom. The molecular formula is C19H18F3N3O2. The van der Waals surface area contributed by atoms with Crippen molar-refractivity contribution in [3.05, 3.63) is 59.4 Å². The first kappa shape index (κ1) is 18.8. The van der Waals surface area contributed by atoms with E-state index in [1.54, 1.807) is 0 Å². The summed E-state index contributed by atoms with van der Waals surface area (Å²) in [6.45, 7) is 1.66. The lowest BCUT2D eigenvalue weighted by Gasteiger charge is -2.24. The highest BCUT2D eigenvalue weighted by atomic mass is 19.2.